The van der Waals surface area contributed by atoms with Crippen molar-refractivity contribution in [2.45, 2.75) is 37.0 Å². The summed E-state index contributed by atoms with van der Waals surface area (Å²) < 4.78 is 4.55. The third-order valence-electron chi connectivity index (χ3n) is 3.33. The Kier molecular flexibility index (Phi) is 3.86. The van der Waals surface area contributed by atoms with E-state index in [0.717, 1.165) is 6.42 Å². The van der Waals surface area contributed by atoms with Gasteiger partial charge in [-0.15, -0.1) is 0 Å². The van der Waals surface area contributed by atoms with Crippen LogP contribution in [0.1, 0.15) is 25.7 Å². The number of cyclic esters (lactones) is 2. The van der Waals surface area contributed by atoms with Crippen molar-refractivity contribution in [3.05, 3.63) is 0 Å². The molecule has 16 heavy (non-hydrogen) atoms. The molecular weight excluding hydrogens is 226 g/mol. The molecule has 4 nitrogen and oxygen atoms in total. The monoisotopic (exact) mass is 243 g/mol. The zero-order valence-electron chi connectivity index (χ0n) is 9.48. The number of hydrogen-bond acceptors (Lipinski definition) is 5. The highest BCUT2D eigenvalue weighted by molar-refractivity contribution is 7.99. The average molecular weight is 243 g/mol. The predicted molar refractivity (Wildman–Crippen MR) is 62.2 cm³/mol. The number of carbonyl (C=O) groups is 2. The second-order valence-electron chi connectivity index (χ2n) is 4.38. The van der Waals surface area contributed by atoms with E-state index >= 15 is 0 Å². The van der Waals surface area contributed by atoms with Gasteiger partial charge in [0.05, 0.1) is 13.1 Å². The lowest BCUT2D eigenvalue weighted by Crippen LogP contribution is -2.52. The van der Waals surface area contributed by atoms with Gasteiger partial charge in [0.2, 0.25) is 0 Å². The fourth-order valence-electron chi connectivity index (χ4n) is 2.58. The first-order valence-electron chi connectivity index (χ1n) is 5.71. The Morgan fingerprint density at radius 2 is 1.81 bits per heavy atom. The van der Waals surface area contributed by atoms with E-state index < -0.39 is 11.9 Å². The summed E-state index contributed by atoms with van der Waals surface area (Å²) >= 11 is 1.84. The fraction of sp³-hybridized carbons (Fsp3) is 0.818. The van der Waals surface area contributed by atoms with Crippen LogP contribution in [0.15, 0.2) is 0 Å². The lowest BCUT2D eigenvalue weighted by molar-refractivity contribution is -0.168. The minimum absolute atomic E-state index is 0.271. The molecule has 1 saturated heterocycles. The highest BCUT2D eigenvalue weighted by Gasteiger charge is 2.35. The van der Waals surface area contributed by atoms with E-state index in [1.165, 1.54) is 19.3 Å². The molecule has 0 spiro atoms. The van der Waals surface area contributed by atoms with Gasteiger partial charge in [-0.05, 0) is 19.1 Å². The normalized spacial score (nSPS) is 32.6. The van der Waals surface area contributed by atoms with Gasteiger partial charge in [-0.2, -0.15) is 11.8 Å². The summed E-state index contributed by atoms with van der Waals surface area (Å²) in [6.07, 6.45) is 6.83. The second-order valence-corrected chi connectivity index (χ2v) is 5.45. The lowest BCUT2D eigenvalue weighted by atomic mass is 9.93. The van der Waals surface area contributed by atoms with E-state index in [4.69, 9.17) is 0 Å². The van der Waals surface area contributed by atoms with Crippen molar-refractivity contribution in [2.75, 3.05) is 19.3 Å². The van der Waals surface area contributed by atoms with Crippen LogP contribution in [0.3, 0.4) is 0 Å². The Morgan fingerprint density at radius 1 is 1.19 bits per heavy atom. The number of nitrogens with zero attached hydrogens (tertiary/aromatic N) is 1. The zero-order chi connectivity index (χ0) is 11.5. The van der Waals surface area contributed by atoms with Gasteiger partial charge in [0.15, 0.2) is 0 Å². The maximum absolute atomic E-state index is 11.2. The topological polar surface area (TPSA) is 46.6 Å². The van der Waals surface area contributed by atoms with Crippen LogP contribution in [0, 0.1) is 0 Å². The molecule has 2 unspecified atom stereocenters. The maximum Gasteiger partial charge on any atom is 0.327 e. The summed E-state index contributed by atoms with van der Waals surface area (Å²) in [7, 11) is 0. The van der Waals surface area contributed by atoms with Crippen molar-refractivity contribution < 1.29 is 14.3 Å². The summed E-state index contributed by atoms with van der Waals surface area (Å²) in [5.41, 5.74) is 0. The van der Waals surface area contributed by atoms with Crippen LogP contribution >= 0.6 is 11.8 Å². The standard InChI is InChI=1S/C11H17NO3S/c1-16-9-5-3-2-4-8(9)12-6-10(13)15-11(14)7-12/h8-9H,2-7H2,1H3. The Morgan fingerprint density at radius 3 is 2.44 bits per heavy atom. The van der Waals surface area contributed by atoms with Gasteiger partial charge in [-0.3, -0.25) is 14.5 Å². The average Bonchev–Trinajstić information content (AvgIpc) is 2.27. The number of carbonyl (C=O) groups excluding carboxylic acids is 2. The Hall–Kier alpha value is -0.550. The van der Waals surface area contributed by atoms with Crippen molar-refractivity contribution in [3.63, 3.8) is 0 Å². The van der Waals surface area contributed by atoms with E-state index in [0.29, 0.717) is 11.3 Å². The number of ether oxygens (including phenoxy) is 1. The van der Waals surface area contributed by atoms with Crippen LogP contribution in [-0.4, -0.2) is 47.5 Å². The molecule has 0 aromatic carbocycles. The largest absolute Gasteiger partial charge is 0.391 e. The molecule has 5 heteroatoms. The molecule has 2 fully saturated rings. The number of esters is 2. The van der Waals surface area contributed by atoms with Gasteiger partial charge >= 0.3 is 11.9 Å². The van der Waals surface area contributed by atoms with E-state index in [1.54, 1.807) is 0 Å². The molecule has 0 aromatic rings. The van der Waals surface area contributed by atoms with Crippen molar-refractivity contribution >= 4 is 23.7 Å². The van der Waals surface area contributed by atoms with Gasteiger partial charge < -0.3 is 4.74 Å². The minimum atomic E-state index is -0.401. The van der Waals surface area contributed by atoms with Gasteiger partial charge in [-0.1, -0.05) is 12.8 Å². The Balaban J connectivity index is 2.03. The molecular formula is C11H17NO3S. The van der Waals surface area contributed by atoms with Crippen LogP contribution in [-0.2, 0) is 14.3 Å². The molecule has 0 aromatic heterocycles. The highest BCUT2D eigenvalue weighted by Crippen LogP contribution is 2.31. The molecule has 1 aliphatic carbocycles. The third-order valence-corrected chi connectivity index (χ3v) is 4.49. The van der Waals surface area contributed by atoms with E-state index in [9.17, 15) is 9.59 Å². The minimum Gasteiger partial charge on any atom is -0.391 e. The van der Waals surface area contributed by atoms with Gasteiger partial charge in [-0.25, -0.2) is 0 Å². The first-order valence-corrected chi connectivity index (χ1v) is 7.00. The van der Waals surface area contributed by atoms with Crippen LogP contribution in [0.5, 0.6) is 0 Å². The van der Waals surface area contributed by atoms with Gasteiger partial charge in [0.25, 0.3) is 0 Å². The molecule has 2 rings (SSSR count). The van der Waals surface area contributed by atoms with Crippen LogP contribution in [0.2, 0.25) is 0 Å². The molecule has 0 N–H and O–H groups in total. The maximum atomic E-state index is 11.2. The molecule has 0 amide bonds. The summed E-state index contributed by atoms with van der Waals surface area (Å²) in [6.45, 7) is 0.543. The molecule has 1 heterocycles. The molecule has 1 saturated carbocycles. The summed E-state index contributed by atoms with van der Waals surface area (Å²) in [5.74, 6) is -0.802. The van der Waals surface area contributed by atoms with E-state index in [2.05, 4.69) is 11.0 Å². The fourth-order valence-corrected chi connectivity index (χ4v) is 3.61. The third kappa shape index (κ3) is 2.58. The first kappa shape index (κ1) is 11.9. The van der Waals surface area contributed by atoms with E-state index in [-0.39, 0.29) is 13.1 Å². The summed E-state index contributed by atoms with van der Waals surface area (Å²) in [4.78, 5) is 24.5. The van der Waals surface area contributed by atoms with Crippen molar-refractivity contribution in [3.8, 4) is 0 Å². The molecule has 90 valence electrons. The molecule has 0 radical (unpaired) electrons. The molecule has 1 aliphatic heterocycles. The predicted octanol–water partition coefficient (Wildman–Crippen LogP) is 1.05. The molecule has 2 atom stereocenters. The van der Waals surface area contributed by atoms with Crippen molar-refractivity contribution in [1.82, 2.24) is 4.90 Å². The Labute approximate surface area is 99.7 Å². The van der Waals surface area contributed by atoms with Crippen molar-refractivity contribution in [2.24, 2.45) is 0 Å². The Bertz CT molecular complexity index is 279. The first-order chi connectivity index (χ1) is 7.70. The number of thioether (sulfide) groups is 1. The number of hydrogen-bond donors (Lipinski definition) is 0. The van der Waals surface area contributed by atoms with Crippen molar-refractivity contribution in [1.29, 1.82) is 0 Å². The summed E-state index contributed by atoms with van der Waals surface area (Å²) in [5, 5.41) is 0.549. The SMILES string of the molecule is CSC1CCCCC1N1CC(=O)OC(=O)C1. The van der Waals surface area contributed by atoms with Crippen LogP contribution in [0.25, 0.3) is 0 Å². The zero-order valence-corrected chi connectivity index (χ0v) is 10.3. The molecule has 2 aliphatic rings. The smallest absolute Gasteiger partial charge is 0.327 e. The summed E-state index contributed by atoms with van der Waals surface area (Å²) in [6, 6.07) is 0.362. The van der Waals surface area contributed by atoms with Gasteiger partial charge in [0, 0.05) is 11.3 Å². The van der Waals surface area contributed by atoms with Gasteiger partial charge in [0.1, 0.15) is 0 Å². The van der Waals surface area contributed by atoms with E-state index in [1.807, 2.05) is 16.7 Å². The highest BCUT2D eigenvalue weighted by atomic mass is 32.2. The lowest BCUT2D eigenvalue weighted by Gasteiger charge is -2.39. The van der Waals surface area contributed by atoms with Crippen LogP contribution < -0.4 is 0 Å². The number of morpholine rings is 1. The number of rotatable bonds is 2. The second kappa shape index (κ2) is 5.19. The molecule has 0 bridgehead atoms. The quantitative estimate of drug-likeness (QED) is 0.536. The van der Waals surface area contributed by atoms with Crippen LogP contribution in [0.4, 0.5) is 0 Å².